The lowest BCUT2D eigenvalue weighted by molar-refractivity contribution is -0.148. The highest BCUT2D eigenvalue weighted by Crippen LogP contribution is 2.64. The summed E-state index contributed by atoms with van der Waals surface area (Å²) in [5, 5.41) is 12.5. The number of hydrogen-bond acceptors (Lipinski definition) is 5. The Balaban J connectivity index is 1.35. The van der Waals surface area contributed by atoms with Crippen LogP contribution in [0.1, 0.15) is 102 Å². The highest BCUT2D eigenvalue weighted by molar-refractivity contribution is 5.72. The number of aryl methyl sites for hydroxylation is 1. The van der Waals surface area contributed by atoms with Crippen molar-refractivity contribution in [2.24, 2.45) is 29.1 Å². The molecule has 0 aromatic carbocycles. The van der Waals surface area contributed by atoms with Gasteiger partial charge in [-0.05, 0) is 104 Å². The summed E-state index contributed by atoms with van der Waals surface area (Å²) in [6.45, 7) is 13.3. The predicted molar refractivity (Wildman–Crippen MR) is 144 cm³/mol. The molecule has 1 N–H and O–H groups in total. The molecular formula is C31H45N3O3. The summed E-state index contributed by atoms with van der Waals surface area (Å²) < 4.78 is 5.62. The van der Waals surface area contributed by atoms with Gasteiger partial charge >= 0.3 is 5.97 Å². The van der Waals surface area contributed by atoms with Crippen LogP contribution in [0.4, 0.5) is 0 Å². The molecule has 0 bridgehead atoms. The molecule has 0 spiro atoms. The van der Waals surface area contributed by atoms with E-state index in [0.29, 0.717) is 30.2 Å². The van der Waals surface area contributed by atoms with Crippen molar-refractivity contribution in [2.75, 3.05) is 6.54 Å². The summed E-state index contributed by atoms with van der Waals surface area (Å²) in [5.41, 5.74) is 7.17. The number of nitrogens with one attached hydrogen (secondary N) is 1. The molecule has 0 unspecified atom stereocenters. The summed E-state index contributed by atoms with van der Waals surface area (Å²) in [6.07, 6.45) is 12.2. The molecule has 7 atom stereocenters. The zero-order valence-electron chi connectivity index (χ0n) is 23.7. The quantitative estimate of drug-likeness (QED) is 0.412. The maximum atomic E-state index is 11.6. The maximum Gasteiger partial charge on any atom is 0.302 e. The smallest absolute Gasteiger partial charge is 0.302 e. The standard InChI is InChI=1S/C31H45N3O3/c1-18(17-32-20(3)35)7-10-27-19(2)29-28(34-33-27)16-26-24-9-8-22-15-23(37-21(4)36)11-13-30(22,5)25(24)12-14-31(26,29)6/h8,18,23-26H,7,9-17H2,1-6H3,(H,32,35)/t18-,23-,24+,25-,26+,30-,31-/m1/s1. The van der Waals surface area contributed by atoms with Gasteiger partial charge in [0.15, 0.2) is 0 Å². The first kappa shape index (κ1) is 26.4. The second kappa shape index (κ2) is 9.81. The number of carbonyl (C=O) groups is 2. The first-order chi connectivity index (χ1) is 17.5. The van der Waals surface area contributed by atoms with Crippen molar-refractivity contribution in [3.05, 3.63) is 34.2 Å². The van der Waals surface area contributed by atoms with E-state index in [1.54, 1.807) is 6.92 Å². The van der Waals surface area contributed by atoms with Gasteiger partial charge in [-0.3, -0.25) is 9.59 Å². The third-order valence-electron chi connectivity index (χ3n) is 10.7. The molecule has 2 fully saturated rings. The van der Waals surface area contributed by atoms with E-state index in [1.165, 1.54) is 42.2 Å². The Kier molecular flexibility index (Phi) is 6.99. The Labute approximate surface area is 222 Å². The van der Waals surface area contributed by atoms with Gasteiger partial charge in [0.05, 0.1) is 11.4 Å². The van der Waals surface area contributed by atoms with E-state index in [-0.39, 0.29) is 28.8 Å². The third kappa shape index (κ3) is 4.63. The number of rotatable bonds is 6. The lowest BCUT2D eigenvalue weighted by atomic mass is 9.47. The van der Waals surface area contributed by atoms with Gasteiger partial charge < -0.3 is 10.1 Å². The van der Waals surface area contributed by atoms with E-state index in [2.05, 4.69) is 39.1 Å². The number of fused-ring (bicyclic) bond motifs is 7. The normalized spacial score (nSPS) is 34.8. The summed E-state index contributed by atoms with van der Waals surface area (Å²) in [6, 6.07) is 0. The number of ether oxygens (including phenoxy) is 1. The van der Waals surface area contributed by atoms with Crippen molar-refractivity contribution in [1.82, 2.24) is 15.5 Å². The second-order valence-electron chi connectivity index (χ2n) is 13.1. The Hall–Kier alpha value is -2.24. The number of aromatic nitrogens is 2. The second-order valence-corrected chi connectivity index (χ2v) is 13.1. The molecule has 6 nitrogen and oxygen atoms in total. The summed E-state index contributed by atoms with van der Waals surface area (Å²) in [5.74, 6) is 2.28. The highest BCUT2D eigenvalue weighted by atomic mass is 16.5. The third-order valence-corrected chi connectivity index (χ3v) is 10.7. The van der Waals surface area contributed by atoms with Gasteiger partial charge in [0.1, 0.15) is 6.10 Å². The number of esters is 1. The molecule has 1 aromatic heterocycles. The van der Waals surface area contributed by atoms with Gasteiger partial charge in [0.2, 0.25) is 5.91 Å². The molecule has 4 aliphatic rings. The Morgan fingerprint density at radius 1 is 1.11 bits per heavy atom. The van der Waals surface area contributed by atoms with Crippen LogP contribution < -0.4 is 5.32 Å². The van der Waals surface area contributed by atoms with Crippen LogP contribution in [0.25, 0.3) is 0 Å². The molecule has 1 aromatic rings. The highest BCUT2D eigenvalue weighted by Gasteiger charge is 2.58. The van der Waals surface area contributed by atoms with Crippen molar-refractivity contribution in [2.45, 2.75) is 111 Å². The molecule has 0 radical (unpaired) electrons. The van der Waals surface area contributed by atoms with Gasteiger partial charge in [0.25, 0.3) is 0 Å². The molecule has 5 rings (SSSR count). The Morgan fingerprint density at radius 2 is 1.86 bits per heavy atom. The van der Waals surface area contributed by atoms with E-state index >= 15 is 0 Å². The largest absolute Gasteiger partial charge is 0.462 e. The van der Waals surface area contributed by atoms with Crippen molar-refractivity contribution in [1.29, 1.82) is 0 Å². The van der Waals surface area contributed by atoms with Crippen LogP contribution in [0.2, 0.25) is 0 Å². The monoisotopic (exact) mass is 507 g/mol. The average Bonchev–Trinajstić information content (AvgIpc) is 3.15. The summed E-state index contributed by atoms with van der Waals surface area (Å²) in [7, 11) is 0. The number of nitrogens with zero attached hydrogens (tertiary/aromatic N) is 2. The van der Waals surface area contributed by atoms with E-state index in [0.717, 1.165) is 50.6 Å². The van der Waals surface area contributed by atoms with Crippen LogP contribution in [-0.2, 0) is 32.6 Å². The Bertz CT molecular complexity index is 1110. The van der Waals surface area contributed by atoms with E-state index < -0.39 is 0 Å². The molecule has 1 heterocycles. The molecule has 2 saturated carbocycles. The first-order valence-corrected chi connectivity index (χ1v) is 14.5. The molecule has 0 saturated heterocycles. The molecule has 6 heteroatoms. The predicted octanol–water partition coefficient (Wildman–Crippen LogP) is 5.40. The molecule has 4 aliphatic carbocycles. The summed E-state index contributed by atoms with van der Waals surface area (Å²) >= 11 is 0. The van der Waals surface area contributed by atoms with Gasteiger partial charge in [-0.25, -0.2) is 0 Å². The van der Waals surface area contributed by atoms with Gasteiger partial charge in [0, 0.05) is 26.8 Å². The lowest BCUT2D eigenvalue weighted by Crippen LogP contribution is -2.51. The number of hydrogen-bond donors (Lipinski definition) is 1. The maximum absolute atomic E-state index is 11.6. The van der Waals surface area contributed by atoms with Crippen molar-refractivity contribution in [3.8, 4) is 0 Å². The van der Waals surface area contributed by atoms with Crippen LogP contribution in [-0.4, -0.2) is 34.7 Å². The van der Waals surface area contributed by atoms with Crippen LogP contribution >= 0.6 is 0 Å². The van der Waals surface area contributed by atoms with Crippen molar-refractivity contribution >= 4 is 11.9 Å². The molecular weight excluding hydrogens is 462 g/mol. The number of amides is 1. The summed E-state index contributed by atoms with van der Waals surface area (Å²) in [4.78, 5) is 22.8. The van der Waals surface area contributed by atoms with Crippen LogP contribution in [0.3, 0.4) is 0 Å². The number of allylic oxidation sites excluding steroid dienone is 1. The zero-order valence-corrected chi connectivity index (χ0v) is 23.7. The van der Waals surface area contributed by atoms with Gasteiger partial charge in [-0.15, -0.1) is 0 Å². The van der Waals surface area contributed by atoms with Crippen LogP contribution in [0.5, 0.6) is 0 Å². The van der Waals surface area contributed by atoms with Crippen LogP contribution in [0.15, 0.2) is 11.6 Å². The fourth-order valence-electron chi connectivity index (χ4n) is 8.73. The molecule has 37 heavy (non-hydrogen) atoms. The molecule has 1 amide bonds. The average molecular weight is 508 g/mol. The first-order valence-electron chi connectivity index (χ1n) is 14.5. The zero-order chi connectivity index (χ0) is 26.5. The minimum absolute atomic E-state index is 0.0332. The topological polar surface area (TPSA) is 81.2 Å². The molecule has 202 valence electrons. The van der Waals surface area contributed by atoms with E-state index in [9.17, 15) is 9.59 Å². The van der Waals surface area contributed by atoms with Crippen molar-refractivity contribution < 1.29 is 14.3 Å². The minimum Gasteiger partial charge on any atom is -0.462 e. The fraction of sp³-hybridized carbons (Fsp3) is 0.742. The van der Waals surface area contributed by atoms with Gasteiger partial charge in [-0.1, -0.05) is 32.4 Å². The minimum atomic E-state index is -0.155. The van der Waals surface area contributed by atoms with Crippen molar-refractivity contribution in [3.63, 3.8) is 0 Å². The van der Waals surface area contributed by atoms with Gasteiger partial charge in [-0.2, -0.15) is 10.2 Å². The van der Waals surface area contributed by atoms with E-state index in [4.69, 9.17) is 14.9 Å². The Morgan fingerprint density at radius 3 is 2.59 bits per heavy atom. The van der Waals surface area contributed by atoms with E-state index in [1.807, 2.05) is 0 Å². The SMILES string of the molecule is CC(=O)NC[C@H](C)CCc1nnc2c(c1C)[C@]1(C)CC[C@@H]3[C@H](CC=C4C[C@H](OC(C)=O)CC[C@]43C)[C@@H]1C2. The van der Waals surface area contributed by atoms with Crippen LogP contribution in [0, 0.1) is 36.0 Å². The lowest BCUT2D eigenvalue weighted by Gasteiger charge is -2.57. The fourth-order valence-corrected chi connectivity index (χ4v) is 8.73. The number of carbonyl (C=O) groups excluding carboxylic acids is 2. The molecule has 0 aliphatic heterocycles.